The van der Waals surface area contributed by atoms with Crippen LogP contribution in [0.1, 0.15) is 35.0 Å². The molecule has 3 aromatic rings. The number of alkyl halides is 3. The van der Waals surface area contributed by atoms with Crippen LogP contribution in [0.5, 0.6) is 0 Å². The lowest BCUT2D eigenvalue weighted by molar-refractivity contribution is -0.142. The molecule has 0 unspecified atom stereocenters. The summed E-state index contributed by atoms with van der Waals surface area (Å²) >= 11 is 0. The first-order valence-corrected chi connectivity index (χ1v) is 9.18. The molecule has 1 aliphatic heterocycles. The molecule has 1 aliphatic rings. The first kappa shape index (κ1) is 19.4. The smallest absolute Gasteiger partial charge is 0.342 e. The number of rotatable bonds is 3. The molecule has 0 spiro atoms. The zero-order valence-electron chi connectivity index (χ0n) is 15.6. The third-order valence-corrected chi connectivity index (χ3v) is 5.12. The van der Waals surface area contributed by atoms with Crippen molar-refractivity contribution in [2.75, 3.05) is 13.1 Å². The van der Waals surface area contributed by atoms with Crippen molar-refractivity contribution < 1.29 is 22.4 Å². The number of likely N-dealkylation sites (tertiary alicyclic amines) is 1. The summed E-state index contributed by atoms with van der Waals surface area (Å²) in [5, 5.41) is 4.13. The summed E-state index contributed by atoms with van der Waals surface area (Å²) in [5.74, 6) is -0.841. The number of aromatic nitrogens is 3. The summed E-state index contributed by atoms with van der Waals surface area (Å²) in [7, 11) is 0. The van der Waals surface area contributed by atoms with Gasteiger partial charge in [-0.05, 0) is 31.0 Å². The summed E-state index contributed by atoms with van der Waals surface area (Å²) in [6.45, 7) is 2.28. The summed E-state index contributed by atoms with van der Waals surface area (Å²) in [4.78, 5) is 18.3. The second-order valence-corrected chi connectivity index (χ2v) is 7.21. The van der Waals surface area contributed by atoms with Gasteiger partial charge in [-0.3, -0.25) is 4.79 Å². The Morgan fingerprint density at radius 1 is 1.24 bits per heavy atom. The molecule has 3 heterocycles. The summed E-state index contributed by atoms with van der Waals surface area (Å²) in [6, 6.07) is 8.60. The monoisotopic (exact) mass is 406 g/mol. The minimum atomic E-state index is -4.55. The molecule has 1 amide bonds. The molecule has 0 N–H and O–H groups in total. The number of hydrogen-bond acceptors (Lipinski definition) is 3. The fourth-order valence-corrected chi connectivity index (χ4v) is 3.66. The van der Waals surface area contributed by atoms with Gasteiger partial charge in [0, 0.05) is 30.8 Å². The molecule has 1 aromatic carbocycles. The summed E-state index contributed by atoms with van der Waals surface area (Å²) in [6.07, 6.45) is -4.02. The number of amides is 1. The number of fused-ring (bicyclic) bond motifs is 1. The molecule has 0 saturated carbocycles. The number of carbonyl (C=O) groups is 1. The lowest BCUT2D eigenvalue weighted by atomic mass is 10.1. The van der Waals surface area contributed by atoms with E-state index in [1.807, 2.05) is 0 Å². The molecule has 1 fully saturated rings. The van der Waals surface area contributed by atoms with E-state index in [4.69, 9.17) is 0 Å². The maximum absolute atomic E-state index is 13.8. The van der Waals surface area contributed by atoms with Crippen molar-refractivity contribution in [3.8, 4) is 0 Å². The van der Waals surface area contributed by atoms with E-state index in [2.05, 4.69) is 10.1 Å². The molecule has 9 heteroatoms. The van der Waals surface area contributed by atoms with Gasteiger partial charge in [-0.2, -0.15) is 18.3 Å². The van der Waals surface area contributed by atoms with Crippen molar-refractivity contribution in [2.45, 2.75) is 31.9 Å². The second kappa shape index (κ2) is 7.13. The van der Waals surface area contributed by atoms with E-state index in [-0.39, 0.29) is 29.6 Å². The Morgan fingerprint density at radius 3 is 2.72 bits per heavy atom. The Morgan fingerprint density at radius 2 is 2.00 bits per heavy atom. The molecule has 0 bridgehead atoms. The molecule has 29 heavy (non-hydrogen) atoms. The van der Waals surface area contributed by atoms with E-state index in [1.54, 1.807) is 23.1 Å². The van der Waals surface area contributed by atoms with Crippen LogP contribution in [0.15, 0.2) is 36.4 Å². The predicted octanol–water partition coefficient (Wildman–Crippen LogP) is 3.75. The van der Waals surface area contributed by atoms with Gasteiger partial charge in [0.1, 0.15) is 11.5 Å². The molecule has 152 valence electrons. The van der Waals surface area contributed by atoms with Crippen LogP contribution in [0, 0.1) is 12.7 Å². The fraction of sp³-hybridized carbons (Fsp3) is 0.350. The molecular formula is C20H18F4N4O. The van der Waals surface area contributed by atoms with Crippen molar-refractivity contribution in [3.63, 3.8) is 0 Å². The Labute approximate surface area is 164 Å². The van der Waals surface area contributed by atoms with Gasteiger partial charge in [-0.1, -0.05) is 18.2 Å². The SMILES string of the molecule is Cc1cc(C(F)(F)F)n2nc([C@@H]3CCN(C(=O)Cc4ccccc4F)C3)cc2n1. The number of halogens is 4. The lowest BCUT2D eigenvalue weighted by Gasteiger charge is -2.16. The Balaban J connectivity index is 1.54. The fourth-order valence-electron chi connectivity index (χ4n) is 3.66. The van der Waals surface area contributed by atoms with E-state index in [0.29, 0.717) is 30.8 Å². The van der Waals surface area contributed by atoms with Crippen molar-refractivity contribution in [1.29, 1.82) is 0 Å². The molecule has 2 aromatic heterocycles. The molecule has 0 aliphatic carbocycles. The molecule has 1 atom stereocenters. The molecule has 0 radical (unpaired) electrons. The zero-order valence-corrected chi connectivity index (χ0v) is 15.6. The second-order valence-electron chi connectivity index (χ2n) is 7.21. The van der Waals surface area contributed by atoms with Crippen LogP contribution in [0.2, 0.25) is 0 Å². The van der Waals surface area contributed by atoms with Crippen molar-refractivity contribution in [2.24, 2.45) is 0 Å². The van der Waals surface area contributed by atoms with Gasteiger partial charge in [0.25, 0.3) is 0 Å². The molecule has 4 rings (SSSR count). The number of aryl methyl sites for hydroxylation is 1. The normalized spacial score (nSPS) is 17.3. The Bertz CT molecular complexity index is 1080. The Hall–Kier alpha value is -2.97. The number of carbonyl (C=O) groups excluding carboxylic acids is 1. The van der Waals surface area contributed by atoms with Crippen LogP contribution in [0.25, 0.3) is 5.65 Å². The van der Waals surface area contributed by atoms with Crippen molar-refractivity contribution in [3.05, 3.63) is 64.9 Å². The van der Waals surface area contributed by atoms with E-state index < -0.39 is 17.7 Å². The van der Waals surface area contributed by atoms with Gasteiger partial charge in [-0.15, -0.1) is 0 Å². The van der Waals surface area contributed by atoms with Gasteiger partial charge in [-0.25, -0.2) is 13.9 Å². The van der Waals surface area contributed by atoms with Gasteiger partial charge < -0.3 is 4.90 Å². The number of benzene rings is 1. The first-order chi connectivity index (χ1) is 13.7. The first-order valence-electron chi connectivity index (χ1n) is 9.18. The third kappa shape index (κ3) is 3.81. The van der Waals surface area contributed by atoms with Crippen molar-refractivity contribution >= 4 is 11.6 Å². The van der Waals surface area contributed by atoms with Crippen LogP contribution in [-0.4, -0.2) is 38.5 Å². The maximum atomic E-state index is 13.8. The van der Waals surface area contributed by atoms with E-state index in [0.717, 1.165) is 10.6 Å². The molecule has 1 saturated heterocycles. The van der Waals surface area contributed by atoms with E-state index in [1.165, 1.54) is 19.1 Å². The van der Waals surface area contributed by atoms with Crippen LogP contribution in [0.4, 0.5) is 17.6 Å². The largest absolute Gasteiger partial charge is 0.433 e. The highest BCUT2D eigenvalue weighted by molar-refractivity contribution is 5.79. The third-order valence-electron chi connectivity index (χ3n) is 5.12. The highest BCUT2D eigenvalue weighted by atomic mass is 19.4. The Kier molecular flexibility index (Phi) is 4.76. The minimum Gasteiger partial charge on any atom is -0.342 e. The quantitative estimate of drug-likeness (QED) is 0.623. The number of nitrogens with zero attached hydrogens (tertiary/aromatic N) is 4. The maximum Gasteiger partial charge on any atom is 0.433 e. The lowest BCUT2D eigenvalue weighted by Crippen LogP contribution is -2.30. The van der Waals surface area contributed by atoms with E-state index >= 15 is 0 Å². The van der Waals surface area contributed by atoms with Gasteiger partial charge in [0.2, 0.25) is 5.91 Å². The highest BCUT2D eigenvalue weighted by Gasteiger charge is 2.36. The van der Waals surface area contributed by atoms with Crippen LogP contribution in [-0.2, 0) is 17.4 Å². The van der Waals surface area contributed by atoms with Crippen molar-refractivity contribution in [1.82, 2.24) is 19.5 Å². The van der Waals surface area contributed by atoms with Crippen LogP contribution >= 0.6 is 0 Å². The highest BCUT2D eigenvalue weighted by Crippen LogP contribution is 2.32. The predicted molar refractivity (Wildman–Crippen MR) is 96.8 cm³/mol. The summed E-state index contributed by atoms with van der Waals surface area (Å²) in [5.41, 5.74) is 0.294. The molecule has 5 nitrogen and oxygen atoms in total. The van der Waals surface area contributed by atoms with E-state index in [9.17, 15) is 22.4 Å². The van der Waals surface area contributed by atoms with Gasteiger partial charge >= 0.3 is 6.18 Å². The van der Waals surface area contributed by atoms with Crippen LogP contribution in [0.3, 0.4) is 0 Å². The van der Waals surface area contributed by atoms with Gasteiger partial charge in [0.05, 0.1) is 12.1 Å². The average molecular weight is 406 g/mol. The minimum absolute atomic E-state index is 0.0521. The standard InChI is InChI=1S/C20H18F4N4O/c1-12-8-17(20(22,23)24)28-18(25-12)10-16(26-28)14-6-7-27(11-14)19(29)9-13-4-2-3-5-15(13)21/h2-5,8,10,14H,6-7,9,11H2,1H3/t14-/m1/s1. The topological polar surface area (TPSA) is 50.5 Å². The molecular weight excluding hydrogens is 388 g/mol. The average Bonchev–Trinajstić information content (AvgIpc) is 3.28. The zero-order chi connectivity index (χ0) is 20.8. The van der Waals surface area contributed by atoms with Crippen LogP contribution < -0.4 is 0 Å². The summed E-state index contributed by atoms with van der Waals surface area (Å²) < 4.78 is 54.6. The van der Waals surface area contributed by atoms with Gasteiger partial charge in [0.15, 0.2) is 5.65 Å². The number of hydrogen-bond donors (Lipinski definition) is 0.